The Kier molecular flexibility index (Phi) is 10.3. The van der Waals surface area contributed by atoms with E-state index < -0.39 is 0 Å². The highest BCUT2D eigenvalue weighted by Crippen LogP contribution is 2.45. The molecular weight excluding hydrogens is 845 g/mol. The van der Waals surface area contributed by atoms with Crippen LogP contribution in [0.1, 0.15) is 52.7 Å². The lowest BCUT2D eigenvalue weighted by Crippen LogP contribution is -2.13. The lowest BCUT2D eigenvalue weighted by molar-refractivity contribution is 0.590. The maximum Gasteiger partial charge on any atom is 0.0468 e. The van der Waals surface area contributed by atoms with Gasteiger partial charge in [-0.25, -0.2) is 0 Å². The summed E-state index contributed by atoms with van der Waals surface area (Å²) < 4.78 is 0. The number of hydrogen-bond donors (Lipinski definition) is 0. The SMILES string of the molecule is CC(C)(C)c1ccc(N(c2ccc(-c3ccc4ccc5c(-c6ccc(N(c7ccc(C(C)(C)C)cc7)c7ccc8ccccc8c7)cc6)ccc6ccc3c4c65)cc2)c2ccc3ccccc3c2)cc1. The molecule has 0 fully saturated rings. The first kappa shape index (κ1) is 43.1. The van der Waals surface area contributed by atoms with Crippen LogP contribution in [0.25, 0.3) is 76.1 Å². The molecule has 0 aliphatic carbocycles. The van der Waals surface area contributed by atoms with Gasteiger partial charge in [0.05, 0.1) is 0 Å². The van der Waals surface area contributed by atoms with Crippen LogP contribution in [0.15, 0.2) is 231 Å². The zero-order valence-electron chi connectivity index (χ0n) is 40.8. The van der Waals surface area contributed by atoms with E-state index in [-0.39, 0.29) is 10.8 Å². The van der Waals surface area contributed by atoms with E-state index in [1.807, 2.05) is 0 Å². The van der Waals surface area contributed by atoms with Crippen molar-refractivity contribution in [3.63, 3.8) is 0 Å². The Balaban J connectivity index is 0.917. The summed E-state index contributed by atoms with van der Waals surface area (Å²) in [6, 6.07) is 85.7. The molecule has 0 spiro atoms. The molecule has 0 aromatic heterocycles. The summed E-state index contributed by atoms with van der Waals surface area (Å²) >= 11 is 0. The number of benzene rings is 12. The van der Waals surface area contributed by atoms with Crippen molar-refractivity contribution in [2.75, 3.05) is 9.80 Å². The molecule has 0 heterocycles. The lowest BCUT2D eigenvalue weighted by atomic mass is 9.87. The molecule has 2 heteroatoms. The van der Waals surface area contributed by atoms with Crippen LogP contribution in [0.4, 0.5) is 34.1 Å². The first-order chi connectivity index (χ1) is 33.9. The summed E-state index contributed by atoms with van der Waals surface area (Å²) in [6.07, 6.45) is 0. The second-order valence-corrected chi connectivity index (χ2v) is 21.1. The zero-order chi connectivity index (χ0) is 47.7. The molecule has 0 atom stereocenters. The second kappa shape index (κ2) is 16.8. The number of rotatable bonds is 8. The van der Waals surface area contributed by atoms with Gasteiger partial charge in [-0.05, 0) is 171 Å². The third-order valence-electron chi connectivity index (χ3n) is 14.5. The highest BCUT2D eigenvalue weighted by Gasteiger charge is 2.21. The van der Waals surface area contributed by atoms with Crippen LogP contribution in [-0.2, 0) is 10.8 Å². The molecular formula is C68H56N2. The van der Waals surface area contributed by atoms with Gasteiger partial charge in [0.25, 0.3) is 0 Å². The van der Waals surface area contributed by atoms with E-state index in [2.05, 4.69) is 282 Å². The third kappa shape index (κ3) is 7.71. The molecule has 0 unspecified atom stereocenters. The van der Waals surface area contributed by atoms with Crippen molar-refractivity contribution in [2.45, 2.75) is 52.4 Å². The van der Waals surface area contributed by atoms with Gasteiger partial charge in [-0.3, -0.25) is 0 Å². The van der Waals surface area contributed by atoms with Crippen LogP contribution in [0, 0.1) is 0 Å². The fourth-order valence-electron chi connectivity index (χ4n) is 10.6. The summed E-state index contributed by atoms with van der Waals surface area (Å²) in [5.41, 5.74) is 14.4. The molecule has 2 nitrogen and oxygen atoms in total. The molecule has 70 heavy (non-hydrogen) atoms. The Morgan fingerprint density at radius 3 is 0.914 bits per heavy atom. The van der Waals surface area contributed by atoms with E-state index in [0.29, 0.717) is 0 Å². The highest BCUT2D eigenvalue weighted by atomic mass is 15.1. The van der Waals surface area contributed by atoms with Crippen molar-refractivity contribution in [2.24, 2.45) is 0 Å². The molecule has 12 aromatic rings. The van der Waals surface area contributed by atoms with Gasteiger partial charge in [0.1, 0.15) is 0 Å². The average molecular weight is 901 g/mol. The van der Waals surface area contributed by atoms with Gasteiger partial charge in [0, 0.05) is 34.1 Å². The minimum Gasteiger partial charge on any atom is -0.310 e. The smallest absolute Gasteiger partial charge is 0.0468 e. The molecule has 338 valence electrons. The van der Waals surface area contributed by atoms with E-state index >= 15 is 0 Å². The van der Waals surface area contributed by atoms with Crippen molar-refractivity contribution in [1.29, 1.82) is 0 Å². The molecule has 0 aliphatic heterocycles. The van der Waals surface area contributed by atoms with Gasteiger partial charge in [0.2, 0.25) is 0 Å². The summed E-state index contributed by atoms with van der Waals surface area (Å²) in [7, 11) is 0. The van der Waals surface area contributed by atoms with Crippen molar-refractivity contribution < 1.29 is 0 Å². The molecule has 0 aliphatic rings. The van der Waals surface area contributed by atoms with Crippen LogP contribution in [-0.4, -0.2) is 0 Å². The Hall–Kier alpha value is -8.20. The monoisotopic (exact) mass is 900 g/mol. The Morgan fingerprint density at radius 1 is 0.257 bits per heavy atom. The molecule has 0 N–H and O–H groups in total. The van der Waals surface area contributed by atoms with E-state index in [4.69, 9.17) is 0 Å². The first-order valence-corrected chi connectivity index (χ1v) is 24.7. The predicted molar refractivity (Wildman–Crippen MR) is 303 cm³/mol. The zero-order valence-corrected chi connectivity index (χ0v) is 40.8. The summed E-state index contributed by atoms with van der Waals surface area (Å²) in [4.78, 5) is 4.76. The van der Waals surface area contributed by atoms with Crippen molar-refractivity contribution in [1.82, 2.24) is 0 Å². The second-order valence-electron chi connectivity index (χ2n) is 21.1. The minimum atomic E-state index is 0.0732. The lowest BCUT2D eigenvalue weighted by Gasteiger charge is -2.27. The molecule has 12 rings (SSSR count). The summed E-state index contributed by atoms with van der Waals surface area (Å²) in [6.45, 7) is 13.6. The van der Waals surface area contributed by atoms with Crippen molar-refractivity contribution >= 4 is 88.0 Å². The molecule has 0 bridgehead atoms. The van der Waals surface area contributed by atoms with E-state index in [0.717, 1.165) is 34.1 Å². The third-order valence-corrected chi connectivity index (χ3v) is 14.5. The quantitative estimate of drug-likeness (QED) is 0.140. The van der Waals surface area contributed by atoms with Gasteiger partial charge in [-0.1, -0.05) is 199 Å². The van der Waals surface area contributed by atoms with Gasteiger partial charge in [-0.15, -0.1) is 0 Å². The molecule has 0 radical (unpaired) electrons. The van der Waals surface area contributed by atoms with E-state index in [9.17, 15) is 0 Å². The number of hydrogen-bond acceptors (Lipinski definition) is 2. The van der Waals surface area contributed by atoms with E-state index in [1.54, 1.807) is 0 Å². The number of nitrogens with zero attached hydrogens (tertiary/aromatic N) is 2. The van der Waals surface area contributed by atoms with Crippen molar-refractivity contribution in [3.05, 3.63) is 242 Å². The van der Waals surface area contributed by atoms with Gasteiger partial charge in [0.15, 0.2) is 0 Å². The number of fused-ring (bicyclic) bond motifs is 2. The topological polar surface area (TPSA) is 6.48 Å². The molecule has 0 amide bonds. The molecule has 0 saturated heterocycles. The Morgan fingerprint density at radius 2 is 0.557 bits per heavy atom. The fourth-order valence-corrected chi connectivity index (χ4v) is 10.6. The van der Waals surface area contributed by atoms with Crippen LogP contribution in [0.2, 0.25) is 0 Å². The van der Waals surface area contributed by atoms with Crippen LogP contribution >= 0.6 is 0 Å². The van der Waals surface area contributed by atoms with Crippen LogP contribution < -0.4 is 9.80 Å². The van der Waals surface area contributed by atoms with Crippen molar-refractivity contribution in [3.8, 4) is 22.3 Å². The Labute approximate surface area is 412 Å². The molecule has 0 saturated carbocycles. The maximum absolute atomic E-state index is 2.38. The summed E-state index contributed by atoms with van der Waals surface area (Å²) in [5.74, 6) is 0. The Bertz CT molecular complexity index is 3610. The predicted octanol–water partition coefficient (Wildman–Crippen LogP) is 19.8. The highest BCUT2D eigenvalue weighted by molar-refractivity contribution is 6.27. The van der Waals surface area contributed by atoms with E-state index in [1.165, 1.54) is 87.2 Å². The normalized spacial score (nSPS) is 12.1. The fraction of sp³-hybridized carbons (Fsp3) is 0.118. The summed E-state index contributed by atoms with van der Waals surface area (Å²) in [5, 5.41) is 12.6. The van der Waals surface area contributed by atoms with Gasteiger partial charge < -0.3 is 9.80 Å². The minimum absolute atomic E-state index is 0.0732. The van der Waals surface area contributed by atoms with Gasteiger partial charge in [-0.2, -0.15) is 0 Å². The first-order valence-electron chi connectivity index (χ1n) is 24.7. The largest absolute Gasteiger partial charge is 0.310 e. The van der Waals surface area contributed by atoms with Gasteiger partial charge >= 0.3 is 0 Å². The van der Waals surface area contributed by atoms with Crippen LogP contribution in [0.3, 0.4) is 0 Å². The number of anilines is 6. The standard InChI is InChI=1S/C68H56N2/c1-67(2,3)53-25-35-57(36-26-53)69(59-33-15-45-11-7-9-13-51(45)43-59)55-29-17-47(18-30-55)61-39-21-49-24-42-64-62(40-22-50-23-41-63(61)65(49)66(50)64)48-19-31-56(32-20-48)70(58-37-27-54(28-38-58)68(4,5)6)60-34-16-46-12-8-10-14-52(46)44-60/h7-44H,1-6H3. The molecule has 12 aromatic carbocycles. The van der Waals surface area contributed by atoms with Crippen LogP contribution in [0.5, 0.6) is 0 Å². The average Bonchev–Trinajstić information content (AvgIpc) is 3.38. The maximum atomic E-state index is 2.38.